The number of benzene rings is 1. The van der Waals surface area contributed by atoms with Crippen LogP contribution in [0.2, 0.25) is 0 Å². The van der Waals surface area contributed by atoms with E-state index < -0.39 is 9.84 Å². The van der Waals surface area contributed by atoms with Crippen LogP contribution in [0.4, 0.5) is 0 Å². The van der Waals surface area contributed by atoms with Crippen LogP contribution in [0.25, 0.3) is 0 Å². The molecule has 0 bridgehead atoms. The Labute approximate surface area is 127 Å². The summed E-state index contributed by atoms with van der Waals surface area (Å²) in [6.45, 7) is 5.66. The Balaban J connectivity index is 2.07. The van der Waals surface area contributed by atoms with Gasteiger partial charge < -0.3 is 4.90 Å². The zero-order valence-electron chi connectivity index (χ0n) is 12.9. The van der Waals surface area contributed by atoms with Crippen molar-refractivity contribution in [3.05, 3.63) is 35.9 Å². The second kappa shape index (κ2) is 5.79. The number of nitrogens with zero attached hydrogens (tertiary/aromatic N) is 1. The SMILES string of the molecule is CC1(C)CN(C(=O)CCS(C)(=O)=O)C[C@@H]1c1ccccc1. The molecule has 1 amide bonds. The summed E-state index contributed by atoms with van der Waals surface area (Å²) < 4.78 is 22.4. The van der Waals surface area contributed by atoms with Gasteiger partial charge in [-0.3, -0.25) is 4.79 Å². The molecule has 4 nitrogen and oxygen atoms in total. The van der Waals surface area contributed by atoms with Crippen LogP contribution < -0.4 is 0 Å². The second-order valence-corrected chi connectivity index (χ2v) is 8.87. The summed E-state index contributed by atoms with van der Waals surface area (Å²) in [5.74, 6) is 0.159. The second-order valence-electron chi connectivity index (χ2n) is 6.61. The summed E-state index contributed by atoms with van der Waals surface area (Å²) in [7, 11) is -3.09. The minimum atomic E-state index is -3.09. The average molecular weight is 309 g/mol. The number of amides is 1. The molecule has 1 heterocycles. The molecule has 116 valence electrons. The van der Waals surface area contributed by atoms with E-state index in [0.717, 1.165) is 0 Å². The van der Waals surface area contributed by atoms with Gasteiger partial charge >= 0.3 is 0 Å². The average Bonchev–Trinajstić information content (AvgIpc) is 2.72. The van der Waals surface area contributed by atoms with E-state index in [4.69, 9.17) is 0 Å². The maximum absolute atomic E-state index is 12.2. The van der Waals surface area contributed by atoms with E-state index in [1.165, 1.54) is 11.8 Å². The van der Waals surface area contributed by atoms with Crippen LogP contribution in [0.5, 0.6) is 0 Å². The Morgan fingerprint density at radius 1 is 1.29 bits per heavy atom. The monoisotopic (exact) mass is 309 g/mol. The molecule has 1 aliphatic rings. The lowest BCUT2D eigenvalue weighted by atomic mass is 9.78. The van der Waals surface area contributed by atoms with Gasteiger partial charge in [-0.2, -0.15) is 0 Å². The maximum Gasteiger partial charge on any atom is 0.223 e. The van der Waals surface area contributed by atoms with Crippen LogP contribution in [-0.4, -0.2) is 44.3 Å². The van der Waals surface area contributed by atoms with E-state index in [0.29, 0.717) is 19.0 Å². The van der Waals surface area contributed by atoms with Crippen LogP contribution in [0.3, 0.4) is 0 Å². The first-order chi connectivity index (χ1) is 9.69. The zero-order chi connectivity index (χ0) is 15.7. The van der Waals surface area contributed by atoms with Crippen molar-refractivity contribution >= 4 is 15.7 Å². The highest BCUT2D eigenvalue weighted by atomic mass is 32.2. The third kappa shape index (κ3) is 4.06. The predicted octanol–water partition coefficient (Wildman–Crippen LogP) is 2.07. The topological polar surface area (TPSA) is 54.5 Å². The smallest absolute Gasteiger partial charge is 0.223 e. The van der Waals surface area contributed by atoms with Gasteiger partial charge in [-0.1, -0.05) is 44.2 Å². The van der Waals surface area contributed by atoms with Gasteiger partial charge in [-0.15, -0.1) is 0 Å². The van der Waals surface area contributed by atoms with E-state index >= 15 is 0 Å². The van der Waals surface area contributed by atoms with Crippen molar-refractivity contribution < 1.29 is 13.2 Å². The minimum absolute atomic E-state index is 0.00209. The molecule has 1 aromatic carbocycles. The summed E-state index contributed by atoms with van der Waals surface area (Å²) in [6.07, 6.45) is 1.25. The first kappa shape index (κ1) is 16.0. The number of sulfone groups is 1. The first-order valence-electron chi connectivity index (χ1n) is 7.19. The highest BCUT2D eigenvalue weighted by Crippen LogP contribution is 2.42. The van der Waals surface area contributed by atoms with E-state index in [-0.39, 0.29) is 23.5 Å². The Morgan fingerprint density at radius 2 is 1.90 bits per heavy atom. The Morgan fingerprint density at radius 3 is 2.48 bits per heavy atom. The summed E-state index contributed by atoms with van der Waals surface area (Å²) in [5.41, 5.74) is 1.24. The maximum atomic E-state index is 12.2. The van der Waals surface area contributed by atoms with E-state index in [1.807, 2.05) is 23.1 Å². The largest absolute Gasteiger partial charge is 0.341 e. The summed E-state index contributed by atoms with van der Waals surface area (Å²) in [6, 6.07) is 10.2. The molecular formula is C16H23NO3S. The molecule has 2 rings (SSSR count). The van der Waals surface area contributed by atoms with Gasteiger partial charge in [-0.05, 0) is 11.0 Å². The van der Waals surface area contributed by atoms with Crippen LogP contribution in [0, 0.1) is 5.41 Å². The molecule has 21 heavy (non-hydrogen) atoms. The molecule has 1 atom stereocenters. The molecule has 0 N–H and O–H groups in total. The molecule has 1 fully saturated rings. The third-order valence-corrected chi connectivity index (χ3v) is 5.13. The van der Waals surface area contributed by atoms with Gasteiger partial charge in [0.1, 0.15) is 9.84 Å². The molecule has 0 radical (unpaired) electrons. The molecule has 1 aliphatic heterocycles. The lowest BCUT2D eigenvalue weighted by molar-refractivity contribution is -0.130. The molecule has 1 aromatic rings. The fourth-order valence-electron chi connectivity index (χ4n) is 3.00. The molecule has 0 aliphatic carbocycles. The number of carbonyl (C=O) groups excluding carboxylic acids is 1. The fourth-order valence-corrected chi connectivity index (χ4v) is 3.54. The van der Waals surface area contributed by atoms with Crippen molar-refractivity contribution in [1.82, 2.24) is 4.90 Å². The van der Waals surface area contributed by atoms with Crippen molar-refractivity contribution in [3.8, 4) is 0 Å². The number of rotatable bonds is 4. The van der Waals surface area contributed by atoms with E-state index in [2.05, 4.69) is 26.0 Å². The van der Waals surface area contributed by atoms with Crippen molar-refractivity contribution in [2.24, 2.45) is 5.41 Å². The van der Waals surface area contributed by atoms with Crippen molar-refractivity contribution in [2.75, 3.05) is 25.1 Å². The molecular weight excluding hydrogens is 286 g/mol. The minimum Gasteiger partial charge on any atom is -0.341 e. The molecule has 5 heteroatoms. The van der Waals surface area contributed by atoms with Crippen LogP contribution in [0.15, 0.2) is 30.3 Å². The molecule has 0 saturated carbocycles. The predicted molar refractivity (Wildman–Crippen MR) is 83.9 cm³/mol. The van der Waals surface area contributed by atoms with Crippen LogP contribution >= 0.6 is 0 Å². The van der Waals surface area contributed by atoms with Crippen molar-refractivity contribution in [3.63, 3.8) is 0 Å². The molecule has 0 unspecified atom stereocenters. The number of hydrogen-bond donors (Lipinski definition) is 0. The van der Waals surface area contributed by atoms with Gasteiger partial charge in [0, 0.05) is 31.7 Å². The third-order valence-electron chi connectivity index (χ3n) is 4.19. The van der Waals surface area contributed by atoms with Gasteiger partial charge in [-0.25, -0.2) is 8.42 Å². The molecule has 1 saturated heterocycles. The van der Waals surface area contributed by atoms with Crippen LogP contribution in [0.1, 0.15) is 31.7 Å². The lowest BCUT2D eigenvalue weighted by Crippen LogP contribution is -2.31. The first-order valence-corrected chi connectivity index (χ1v) is 9.25. The quantitative estimate of drug-likeness (QED) is 0.855. The zero-order valence-corrected chi connectivity index (χ0v) is 13.7. The normalized spacial score (nSPS) is 21.5. The standard InChI is InChI=1S/C16H23NO3S/c1-16(2)12-17(15(18)9-10-21(3,19)20)11-14(16)13-7-5-4-6-8-13/h4-8,14H,9-12H2,1-3H3/t14-/m1/s1. The van der Waals surface area contributed by atoms with Gasteiger partial charge in [0.25, 0.3) is 0 Å². The summed E-state index contributed by atoms with van der Waals surface area (Å²) in [4.78, 5) is 14.0. The number of likely N-dealkylation sites (tertiary alicyclic amines) is 1. The van der Waals surface area contributed by atoms with Crippen molar-refractivity contribution in [1.29, 1.82) is 0 Å². The summed E-state index contributed by atoms with van der Waals surface area (Å²) >= 11 is 0. The van der Waals surface area contributed by atoms with Gasteiger partial charge in [0.2, 0.25) is 5.91 Å². The van der Waals surface area contributed by atoms with E-state index in [1.54, 1.807) is 0 Å². The highest BCUT2D eigenvalue weighted by molar-refractivity contribution is 7.90. The number of hydrogen-bond acceptors (Lipinski definition) is 3. The Bertz CT molecular complexity index is 608. The molecule has 0 spiro atoms. The van der Waals surface area contributed by atoms with E-state index in [9.17, 15) is 13.2 Å². The molecule has 0 aromatic heterocycles. The Kier molecular flexibility index (Phi) is 4.42. The van der Waals surface area contributed by atoms with Gasteiger partial charge in [0.05, 0.1) is 5.75 Å². The lowest BCUT2D eigenvalue weighted by Gasteiger charge is -2.25. The van der Waals surface area contributed by atoms with Crippen molar-refractivity contribution in [2.45, 2.75) is 26.2 Å². The Hall–Kier alpha value is -1.36. The number of carbonyl (C=O) groups is 1. The fraction of sp³-hybridized carbons (Fsp3) is 0.562. The highest BCUT2D eigenvalue weighted by Gasteiger charge is 2.41. The van der Waals surface area contributed by atoms with Gasteiger partial charge in [0.15, 0.2) is 0 Å². The summed E-state index contributed by atoms with van der Waals surface area (Å²) in [5, 5.41) is 0. The van der Waals surface area contributed by atoms with Crippen LogP contribution in [-0.2, 0) is 14.6 Å².